The molecular formula is C14H17N3OS. The molecule has 0 saturated heterocycles. The van der Waals surface area contributed by atoms with Gasteiger partial charge in [0, 0.05) is 11.5 Å². The predicted molar refractivity (Wildman–Crippen MR) is 75.6 cm³/mol. The van der Waals surface area contributed by atoms with Crippen LogP contribution in [0, 0.1) is 12.3 Å². The minimum Gasteiger partial charge on any atom is -0.292 e. The molecular weight excluding hydrogens is 258 g/mol. The Bertz CT molecular complexity index is 637. The highest BCUT2D eigenvalue weighted by atomic mass is 32.1. The maximum atomic E-state index is 12.1. The molecule has 0 fully saturated rings. The third kappa shape index (κ3) is 3.17. The zero-order chi connectivity index (χ0) is 14.0. The van der Waals surface area contributed by atoms with Gasteiger partial charge in [0.05, 0.1) is 0 Å². The number of nitrogens with one attached hydrogen (secondary N) is 1. The third-order valence-corrected chi connectivity index (χ3v) is 3.98. The first kappa shape index (κ1) is 13.7. The van der Waals surface area contributed by atoms with Gasteiger partial charge in [0.25, 0.3) is 0 Å². The molecule has 2 rings (SSSR count). The van der Waals surface area contributed by atoms with Gasteiger partial charge in [-0.15, -0.1) is 0 Å². The maximum absolute atomic E-state index is 12.1. The van der Waals surface area contributed by atoms with Gasteiger partial charge in [-0.3, -0.25) is 10.2 Å². The van der Waals surface area contributed by atoms with E-state index in [9.17, 15) is 4.79 Å². The van der Waals surface area contributed by atoms with E-state index in [1.54, 1.807) is 0 Å². The van der Waals surface area contributed by atoms with Crippen LogP contribution in [0.2, 0.25) is 0 Å². The Morgan fingerprint density at radius 1 is 1.37 bits per heavy atom. The number of carbonyl (C=O) groups is 1. The van der Waals surface area contributed by atoms with Gasteiger partial charge in [0.2, 0.25) is 4.80 Å². The average Bonchev–Trinajstić information content (AvgIpc) is 2.72. The molecule has 0 amide bonds. The number of nitrogens with zero attached hydrogens (tertiary/aromatic N) is 2. The summed E-state index contributed by atoms with van der Waals surface area (Å²) in [6.45, 7) is 6.18. The zero-order valence-electron chi connectivity index (χ0n) is 11.3. The number of aromatic nitrogens is 2. The van der Waals surface area contributed by atoms with E-state index in [1.165, 1.54) is 16.0 Å². The molecule has 5 heteroatoms. The Labute approximate surface area is 116 Å². The lowest BCUT2D eigenvalue weighted by molar-refractivity contribution is 0.0966. The van der Waals surface area contributed by atoms with Gasteiger partial charge >= 0.3 is 0 Å². The Morgan fingerprint density at radius 2 is 2.00 bits per heavy atom. The van der Waals surface area contributed by atoms with Gasteiger partial charge in [-0.05, 0) is 6.92 Å². The first-order chi connectivity index (χ1) is 8.97. The monoisotopic (exact) mass is 275 g/mol. The molecule has 0 unspecified atom stereocenters. The first-order valence-electron chi connectivity index (χ1n) is 6.19. The van der Waals surface area contributed by atoms with Crippen molar-refractivity contribution in [3.8, 4) is 0 Å². The van der Waals surface area contributed by atoms with E-state index in [2.05, 4.69) is 5.10 Å². The Balaban J connectivity index is 2.19. The van der Waals surface area contributed by atoms with Crippen molar-refractivity contribution in [2.45, 2.75) is 33.2 Å². The molecule has 19 heavy (non-hydrogen) atoms. The van der Waals surface area contributed by atoms with Crippen LogP contribution in [0.15, 0.2) is 24.3 Å². The van der Waals surface area contributed by atoms with E-state index in [1.807, 2.05) is 45.0 Å². The number of carbonyl (C=O) groups excluding carboxylic acids is 1. The zero-order valence-corrected chi connectivity index (χ0v) is 12.1. The van der Waals surface area contributed by atoms with Gasteiger partial charge in [0.15, 0.2) is 5.78 Å². The molecule has 0 spiro atoms. The minimum atomic E-state index is -0.0147. The van der Waals surface area contributed by atoms with Crippen molar-refractivity contribution in [2.24, 2.45) is 0 Å². The van der Waals surface area contributed by atoms with Crippen LogP contribution in [-0.2, 0) is 6.54 Å². The Hall–Kier alpha value is -1.75. The van der Waals surface area contributed by atoms with Crippen molar-refractivity contribution in [1.82, 2.24) is 9.78 Å². The van der Waals surface area contributed by atoms with Gasteiger partial charge in [-0.25, -0.2) is 4.68 Å². The second-order valence-corrected chi connectivity index (χ2v) is 5.86. The van der Waals surface area contributed by atoms with Crippen LogP contribution in [0.25, 0.3) is 0 Å². The van der Waals surface area contributed by atoms with Crippen molar-refractivity contribution in [2.75, 3.05) is 0 Å². The normalized spacial score (nSPS) is 10.9. The van der Waals surface area contributed by atoms with Crippen LogP contribution < -0.4 is 4.80 Å². The van der Waals surface area contributed by atoms with Crippen molar-refractivity contribution in [3.63, 3.8) is 0 Å². The first-order valence-corrected chi connectivity index (χ1v) is 7.01. The second kappa shape index (κ2) is 5.48. The lowest BCUT2D eigenvalue weighted by Gasteiger charge is -2.02. The molecule has 0 aliphatic carbocycles. The Morgan fingerprint density at radius 3 is 2.53 bits per heavy atom. The number of hydrogen-bond acceptors (Lipinski definition) is 4. The number of Topliss-reactive ketones (excluding diaryl/α,β-unsaturated/α-hetero) is 1. The summed E-state index contributed by atoms with van der Waals surface area (Å²) in [5, 5.41) is 13.1. The maximum Gasteiger partial charge on any atom is 0.200 e. The summed E-state index contributed by atoms with van der Waals surface area (Å²) in [7, 11) is 0. The highest BCUT2D eigenvalue weighted by Gasteiger charge is 2.12. The molecule has 0 bridgehead atoms. The van der Waals surface area contributed by atoms with E-state index in [4.69, 9.17) is 5.41 Å². The van der Waals surface area contributed by atoms with E-state index in [0.717, 1.165) is 10.6 Å². The number of benzene rings is 1. The molecule has 0 aliphatic rings. The molecule has 2 aromatic rings. The quantitative estimate of drug-likeness (QED) is 0.872. The molecule has 0 aliphatic heterocycles. The molecule has 1 N–H and O–H groups in total. The molecule has 1 aromatic heterocycles. The van der Waals surface area contributed by atoms with Crippen molar-refractivity contribution < 1.29 is 4.79 Å². The molecule has 4 nitrogen and oxygen atoms in total. The summed E-state index contributed by atoms with van der Waals surface area (Å²) in [6, 6.07) is 7.47. The SMILES string of the molecule is Cc1ccc(C(=O)Cn2nc(C(C)C)sc2=N)cc1. The van der Waals surface area contributed by atoms with Gasteiger partial charge in [-0.2, -0.15) is 5.10 Å². The van der Waals surface area contributed by atoms with E-state index >= 15 is 0 Å². The summed E-state index contributed by atoms with van der Waals surface area (Å²) in [6.07, 6.45) is 0. The van der Waals surface area contributed by atoms with Crippen molar-refractivity contribution >= 4 is 17.1 Å². The van der Waals surface area contributed by atoms with Crippen LogP contribution in [0.4, 0.5) is 0 Å². The largest absolute Gasteiger partial charge is 0.292 e. The number of hydrogen-bond donors (Lipinski definition) is 1. The number of aryl methyl sites for hydroxylation is 1. The highest BCUT2D eigenvalue weighted by Crippen LogP contribution is 2.13. The second-order valence-electron chi connectivity index (χ2n) is 4.85. The van der Waals surface area contributed by atoms with E-state index in [-0.39, 0.29) is 18.2 Å². The predicted octanol–water partition coefficient (Wildman–Crippen LogP) is 2.74. The van der Waals surface area contributed by atoms with E-state index in [0.29, 0.717) is 10.4 Å². The van der Waals surface area contributed by atoms with Crippen LogP contribution in [0.5, 0.6) is 0 Å². The lowest BCUT2D eigenvalue weighted by atomic mass is 10.1. The lowest BCUT2D eigenvalue weighted by Crippen LogP contribution is -2.21. The average molecular weight is 275 g/mol. The molecule has 0 radical (unpaired) electrons. The van der Waals surface area contributed by atoms with Crippen molar-refractivity contribution in [1.29, 1.82) is 5.41 Å². The van der Waals surface area contributed by atoms with Crippen LogP contribution in [0.3, 0.4) is 0 Å². The Kier molecular flexibility index (Phi) is 3.95. The topological polar surface area (TPSA) is 58.7 Å². The fourth-order valence-corrected chi connectivity index (χ4v) is 2.43. The molecule has 0 saturated carbocycles. The highest BCUT2D eigenvalue weighted by molar-refractivity contribution is 7.08. The summed E-state index contributed by atoms with van der Waals surface area (Å²) in [5.74, 6) is 0.268. The van der Waals surface area contributed by atoms with Crippen LogP contribution in [-0.4, -0.2) is 15.6 Å². The summed E-state index contributed by atoms with van der Waals surface area (Å²) >= 11 is 1.33. The third-order valence-electron chi connectivity index (χ3n) is 2.82. The van der Waals surface area contributed by atoms with Crippen molar-refractivity contribution in [3.05, 3.63) is 45.2 Å². The smallest absolute Gasteiger partial charge is 0.200 e. The number of ketones is 1. The minimum absolute atomic E-state index is 0.0147. The fourth-order valence-electron chi connectivity index (χ4n) is 1.64. The molecule has 1 heterocycles. The van der Waals surface area contributed by atoms with Crippen LogP contribution >= 0.6 is 11.3 Å². The standard InChI is InChI=1S/C14H17N3OS/c1-9(2)13-16-17(14(15)19-13)8-12(18)11-6-4-10(3)5-7-11/h4-7,9,15H,8H2,1-3H3. The number of rotatable bonds is 4. The fraction of sp³-hybridized carbons (Fsp3) is 0.357. The summed E-state index contributed by atoms with van der Waals surface area (Å²) < 4.78 is 1.47. The summed E-state index contributed by atoms with van der Waals surface area (Å²) in [4.78, 5) is 12.4. The molecule has 100 valence electrons. The van der Waals surface area contributed by atoms with Gasteiger partial charge < -0.3 is 0 Å². The summed E-state index contributed by atoms with van der Waals surface area (Å²) in [5.41, 5.74) is 1.79. The van der Waals surface area contributed by atoms with Gasteiger partial charge in [-0.1, -0.05) is 55.0 Å². The molecule has 1 aromatic carbocycles. The van der Waals surface area contributed by atoms with Crippen LogP contribution in [0.1, 0.15) is 40.7 Å². The van der Waals surface area contributed by atoms with Gasteiger partial charge in [0.1, 0.15) is 11.6 Å². The van der Waals surface area contributed by atoms with E-state index < -0.39 is 0 Å². The molecule has 0 atom stereocenters.